The highest BCUT2D eigenvalue weighted by Crippen LogP contribution is 2.17. The topological polar surface area (TPSA) is 20.0 Å². The van der Waals surface area contributed by atoms with Crippen LogP contribution >= 0.6 is 0 Å². The summed E-state index contributed by atoms with van der Waals surface area (Å²) >= 11 is 0. The zero-order chi connectivity index (χ0) is 19.3. The van der Waals surface area contributed by atoms with Crippen molar-refractivity contribution in [2.45, 2.75) is 26.3 Å². The van der Waals surface area contributed by atoms with Crippen LogP contribution in [0.2, 0.25) is 0 Å². The third kappa shape index (κ3) is 4.42. The van der Waals surface area contributed by atoms with Crippen LogP contribution in [0.4, 0.5) is 0 Å². The molecule has 0 unspecified atom stereocenters. The third-order valence-corrected chi connectivity index (χ3v) is 5.74. The number of quaternary nitrogens is 1. The monoisotopic (exact) mass is 372 g/mol. The molecule has 0 spiro atoms. The largest absolute Gasteiger partial charge is 0.328 e. The molecule has 1 aliphatic rings. The van der Waals surface area contributed by atoms with Crippen molar-refractivity contribution in [3.63, 3.8) is 0 Å². The lowest BCUT2D eigenvalue weighted by Crippen LogP contribution is -3.13. The van der Waals surface area contributed by atoms with Crippen LogP contribution in [0.5, 0.6) is 0 Å². The van der Waals surface area contributed by atoms with Crippen molar-refractivity contribution in [1.82, 2.24) is 5.01 Å². The Morgan fingerprint density at radius 2 is 1.64 bits per heavy atom. The highest BCUT2D eigenvalue weighted by molar-refractivity contribution is 5.85. The number of hydrazone groups is 1. The summed E-state index contributed by atoms with van der Waals surface area (Å²) in [6.07, 6.45) is 2.00. The van der Waals surface area contributed by atoms with Crippen LogP contribution in [0.15, 0.2) is 71.8 Å². The minimum Gasteiger partial charge on any atom is -0.328 e. The van der Waals surface area contributed by atoms with Gasteiger partial charge in [0, 0.05) is 5.56 Å². The van der Waals surface area contributed by atoms with Gasteiger partial charge in [0.15, 0.2) is 0 Å². The quantitative estimate of drug-likeness (QED) is 0.677. The number of hydrogen-bond donors (Lipinski definition) is 1. The Balaban J connectivity index is 1.33. The van der Waals surface area contributed by atoms with E-state index in [1.54, 1.807) is 4.90 Å². The van der Waals surface area contributed by atoms with Crippen molar-refractivity contribution in [2.24, 2.45) is 5.10 Å². The van der Waals surface area contributed by atoms with E-state index in [0.29, 0.717) is 5.92 Å². The van der Waals surface area contributed by atoms with E-state index < -0.39 is 0 Å². The maximum Gasteiger partial charge on any atom is 0.104 e. The van der Waals surface area contributed by atoms with Gasteiger partial charge >= 0.3 is 0 Å². The standard InChI is InChI=1S/C25H29N3/c1-20(2)22-12-10-21(11-13-22)18-26-28-16-14-27(15-17-28)19-24-8-5-7-23-6-3-4-9-25(23)24/h3-13,18,20H,14-17,19H2,1-2H3/p+1/b26-18-. The van der Waals surface area contributed by atoms with Crippen molar-refractivity contribution in [3.05, 3.63) is 83.4 Å². The van der Waals surface area contributed by atoms with Gasteiger partial charge in [-0.15, -0.1) is 0 Å². The number of nitrogens with one attached hydrogen (secondary N) is 1. The van der Waals surface area contributed by atoms with Gasteiger partial charge in [0.25, 0.3) is 0 Å². The van der Waals surface area contributed by atoms with Crippen LogP contribution in [0.1, 0.15) is 36.5 Å². The number of nitrogens with zero attached hydrogens (tertiary/aromatic N) is 2. The average molecular weight is 373 g/mol. The summed E-state index contributed by atoms with van der Waals surface area (Å²) in [7, 11) is 0. The van der Waals surface area contributed by atoms with E-state index in [9.17, 15) is 0 Å². The van der Waals surface area contributed by atoms with Gasteiger partial charge in [0.2, 0.25) is 0 Å². The SMILES string of the molecule is CC(C)c1ccc(/C=N\N2CC[NH+](Cc3cccc4ccccc34)CC2)cc1. The number of fused-ring (bicyclic) bond motifs is 1. The minimum absolute atomic E-state index is 0.573. The molecule has 0 bridgehead atoms. The lowest BCUT2D eigenvalue weighted by atomic mass is 10.0. The molecule has 1 saturated heterocycles. The Bertz CT molecular complexity index is 930. The highest BCUT2D eigenvalue weighted by atomic mass is 15.5. The summed E-state index contributed by atoms with van der Waals surface area (Å²) in [5.41, 5.74) is 4.01. The molecule has 0 aromatic heterocycles. The maximum absolute atomic E-state index is 4.71. The van der Waals surface area contributed by atoms with Gasteiger partial charge in [-0.3, -0.25) is 5.01 Å². The average Bonchev–Trinajstić information content (AvgIpc) is 2.74. The Hall–Kier alpha value is -2.65. The lowest BCUT2D eigenvalue weighted by molar-refractivity contribution is -0.918. The molecule has 3 nitrogen and oxygen atoms in total. The van der Waals surface area contributed by atoms with Crippen LogP contribution < -0.4 is 4.90 Å². The Morgan fingerprint density at radius 1 is 0.929 bits per heavy atom. The van der Waals surface area contributed by atoms with Crippen LogP contribution in [-0.4, -0.2) is 37.4 Å². The van der Waals surface area contributed by atoms with Crippen molar-refractivity contribution < 1.29 is 4.90 Å². The smallest absolute Gasteiger partial charge is 0.104 e. The number of hydrogen-bond acceptors (Lipinski definition) is 2. The lowest BCUT2D eigenvalue weighted by Gasteiger charge is -2.30. The highest BCUT2D eigenvalue weighted by Gasteiger charge is 2.19. The van der Waals surface area contributed by atoms with Gasteiger partial charge in [0.05, 0.1) is 32.4 Å². The summed E-state index contributed by atoms with van der Waals surface area (Å²) in [6, 6.07) is 24.1. The second kappa shape index (κ2) is 8.57. The van der Waals surface area contributed by atoms with Crippen molar-refractivity contribution >= 4 is 17.0 Å². The fourth-order valence-corrected chi connectivity index (χ4v) is 3.93. The molecule has 0 saturated carbocycles. The molecule has 1 N–H and O–H groups in total. The summed E-state index contributed by atoms with van der Waals surface area (Å²) in [5, 5.41) is 9.66. The molecule has 4 rings (SSSR count). The predicted molar refractivity (Wildman–Crippen MR) is 118 cm³/mol. The first kappa shape index (κ1) is 18.7. The third-order valence-electron chi connectivity index (χ3n) is 5.74. The molecule has 0 amide bonds. The van der Waals surface area contributed by atoms with Crippen LogP contribution in [0.3, 0.4) is 0 Å². The molecule has 3 aromatic carbocycles. The summed E-state index contributed by atoms with van der Waals surface area (Å²) < 4.78 is 0. The summed E-state index contributed by atoms with van der Waals surface area (Å²) in [6.45, 7) is 9.84. The van der Waals surface area contributed by atoms with Crippen molar-refractivity contribution in [1.29, 1.82) is 0 Å². The Labute approximate surface area is 168 Å². The molecule has 1 heterocycles. The number of benzene rings is 3. The molecule has 1 aliphatic heterocycles. The van der Waals surface area contributed by atoms with Crippen molar-refractivity contribution in [3.8, 4) is 0 Å². The first-order valence-electron chi connectivity index (χ1n) is 10.4. The zero-order valence-electron chi connectivity index (χ0n) is 16.9. The second-order valence-corrected chi connectivity index (χ2v) is 8.08. The minimum atomic E-state index is 0.573. The van der Waals surface area contributed by atoms with Gasteiger partial charge in [-0.05, 0) is 27.8 Å². The van der Waals surface area contributed by atoms with E-state index in [-0.39, 0.29) is 0 Å². The van der Waals surface area contributed by atoms with E-state index >= 15 is 0 Å². The second-order valence-electron chi connectivity index (χ2n) is 8.08. The van der Waals surface area contributed by atoms with Gasteiger partial charge in [-0.25, -0.2) is 0 Å². The van der Waals surface area contributed by atoms with Gasteiger partial charge < -0.3 is 4.90 Å². The molecule has 0 atom stereocenters. The molecule has 28 heavy (non-hydrogen) atoms. The van der Waals surface area contributed by atoms with Crippen molar-refractivity contribution in [2.75, 3.05) is 26.2 Å². The summed E-state index contributed by atoms with van der Waals surface area (Å²) in [5.74, 6) is 0.573. The van der Waals surface area contributed by atoms with Gasteiger partial charge in [-0.1, -0.05) is 80.6 Å². The maximum atomic E-state index is 4.71. The van der Waals surface area contributed by atoms with E-state index in [2.05, 4.69) is 85.6 Å². The van der Waals surface area contributed by atoms with E-state index in [4.69, 9.17) is 5.10 Å². The van der Waals surface area contributed by atoms with Gasteiger partial charge in [-0.2, -0.15) is 5.10 Å². The van der Waals surface area contributed by atoms with Crippen LogP contribution in [0, 0.1) is 0 Å². The Kier molecular flexibility index (Phi) is 5.73. The van der Waals surface area contributed by atoms with E-state index in [1.807, 2.05) is 6.21 Å². The fourth-order valence-electron chi connectivity index (χ4n) is 3.93. The van der Waals surface area contributed by atoms with E-state index in [0.717, 1.165) is 32.7 Å². The van der Waals surface area contributed by atoms with Gasteiger partial charge in [0.1, 0.15) is 6.54 Å². The first-order chi connectivity index (χ1) is 13.7. The molecule has 3 aromatic rings. The zero-order valence-corrected chi connectivity index (χ0v) is 16.9. The number of rotatable bonds is 5. The molecule has 3 heteroatoms. The molecule has 0 radical (unpaired) electrons. The van der Waals surface area contributed by atoms with Crippen LogP contribution in [0.25, 0.3) is 10.8 Å². The van der Waals surface area contributed by atoms with Crippen LogP contribution in [-0.2, 0) is 6.54 Å². The molecular formula is C25H30N3+. The predicted octanol–water partition coefficient (Wildman–Crippen LogP) is 3.70. The molecule has 0 aliphatic carbocycles. The fraction of sp³-hybridized carbons (Fsp3) is 0.320. The molecule has 1 fully saturated rings. The molecular weight excluding hydrogens is 342 g/mol. The molecule has 144 valence electrons. The normalized spacial score (nSPS) is 15.8. The number of piperazine rings is 1. The summed E-state index contributed by atoms with van der Waals surface area (Å²) in [4.78, 5) is 1.64. The first-order valence-corrected chi connectivity index (χ1v) is 10.4. The Morgan fingerprint density at radius 3 is 2.39 bits per heavy atom. The van der Waals surface area contributed by atoms with E-state index in [1.165, 1.54) is 27.5 Å².